The predicted molar refractivity (Wildman–Crippen MR) is 48.4 cm³/mol. The highest BCUT2D eigenvalue weighted by atomic mass is 15.0. The summed E-state index contributed by atoms with van der Waals surface area (Å²) in [7, 11) is 4.14. The van der Waals surface area contributed by atoms with Gasteiger partial charge in [0.05, 0.1) is 6.54 Å². The zero-order chi connectivity index (χ0) is 8.10. The Labute approximate surface area is 68.7 Å². The van der Waals surface area contributed by atoms with Crippen LogP contribution in [0.25, 0.3) is 0 Å². The van der Waals surface area contributed by atoms with E-state index in [0.29, 0.717) is 0 Å². The Morgan fingerprint density at radius 2 is 1.82 bits per heavy atom. The summed E-state index contributed by atoms with van der Waals surface area (Å²) in [6, 6.07) is 10.4. The van der Waals surface area contributed by atoms with Crippen LogP contribution in [0.3, 0.4) is 0 Å². The second kappa shape index (κ2) is 4.04. The molecular weight excluding hydrogens is 134 g/mol. The van der Waals surface area contributed by atoms with Gasteiger partial charge >= 0.3 is 0 Å². The molecule has 0 N–H and O–H groups in total. The fraction of sp³-hybridized carbons (Fsp3) is 0.300. The van der Waals surface area contributed by atoms with Crippen LogP contribution in [0.4, 0.5) is 0 Å². The molecular formula is C10H14N+. The predicted octanol–water partition coefficient (Wildman–Crippen LogP) is 1.80. The molecule has 1 rings (SSSR count). The highest BCUT2D eigenvalue weighted by Gasteiger charge is 1.99. The summed E-state index contributed by atoms with van der Waals surface area (Å²) in [4.78, 5) is 2.15. The minimum absolute atomic E-state index is 1.00. The molecule has 0 fully saturated rings. The van der Waals surface area contributed by atoms with E-state index in [9.17, 15) is 0 Å². The number of hydrogen-bond donors (Lipinski definition) is 0. The van der Waals surface area contributed by atoms with Crippen LogP contribution in [0.1, 0.15) is 5.56 Å². The van der Waals surface area contributed by atoms with Crippen molar-refractivity contribution in [2.24, 2.45) is 0 Å². The molecule has 0 saturated heterocycles. The van der Waals surface area contributed by atoms with Gasteiger partial charge < -0.3 is 0 Å². The molecule has 0 unspecified atom stereocenters. The lowest BCUT2D eigenvalue weighted by molar-refractivity contribution is 0.445. The van der Waals surface area contributed by atoms with Gasteiger partial charge in [0.1, 0.15) is 5.56 Å². The third-order valence-corrected chi connectivity index (χ3v) is 1.49. The molecule has 11 heavy (non-hydrogen) atoms. The van der Waals surface area contributed by atoms with E-state index >= 15 is 0 Å². The molecule has 0 heterocycles. The van der Waals surface area contributed by atoms with Crippen LogP contribution in [0.5, 0.6) is 0 Å². The molecule has 0 aliphatic rings. The number of nitrogens with zero attached hydrogens (tertiary/aromatic N) is 1. The third-order valence-electron chi connectivity index (χ3n) is 1.49. The third kappa shape index (κ3) is 3.10. The van der Waals surface area contributed by atoms with Gasteiger partial charge in [0.25, 0.3) is 0 Å². The average molecular weight is 148 g/mol. The Hall–Kier alpha value is -0.950. The molecule has 0 bridgehead atoms. The molecule has 0 aliphatic heterocycles. The molecule has 0 atom stereocenters. The largest absolute Gasteiger partial charge is 0.295 e. The molecule has 1 aromatic carbocycles. The molecule has 58 valence electrons. The normalized spacial score (nSPS) is 10.1. The van der Waals surface area contributed by atoms with Crippen LogP contribution in [-0.4, -0.2) is 25.5 Å². The van der Waals surface area contributed by atoms with Crippen LogP contribution >= 0.6 is 0 Å². The maximum atomic E-state index is 2.21. The van der Waals surface area contributed by atoms with Crippen molar-refractivity contribution in [2.75, 3.05) is 20.6 Å². The smallest absolute Gasteiger partial charge is 0.131 e. The Morgan fingerprint density at radius 1 is 1.18 bits per heavy atom. The molecule has 0 aliphatic carbocycles. The molecule has 0 amide bonds. The molecule has 1 aromatic rings. The summed E-state index contributed by atoms with van der Waals surface area (Å²) < 4.78 is 0. The monoisotopic (exact) mass is 148 g/mol. The first-order valence-electron chi connectivity index (χ1n) is 3.82. The molecule has 0 saturated carbocycles. The van der Waals surface area contributed by atoms with E-state index in [-0.39, 0.29) is 0 Å². The van der Waals surface area contributed by atoms with Crippen molar-refractivity contribution in [2.45, 2.75) is 0 Å². The molecule has 1 nitrogen and oxygen atoms in total. The van der Waals surface area contributed by atoms with Crippen molar-refractivity contribution in [3.8, 4) is 0 Å². The van der Waals surface area contributed by atoms with Crippen molar-refractivity contribution >= 4 is 0 Å². The van der Waals surface area contributed by atoms with Gasteiger partial charge in [-0.1, -0.05) is 0 Å². The molecule has 0 spiro atoms. The average Bonchev–Trinajstić information content (AvgIpc) is 2.03. The van der Waals surface area contributed by atoms with Gasteiger partial charge in [-0.3, -0.25) is 4.90 Å². The second-order valence-corrected chi connectivity index (χ2v) is 2.88. The first kappa shape index (κ1) is 8.15. The zero-order valence-corrected chi connectivity index (χ0v) is 7.12. The van der Waals surface area contributed by atoms with Gasteiger partial charge in [-0.25, -0.2) is 0 Å². The Kier molecular flexibility index (Phi) is 2.99. The topological polar surface area (TPSA) is 3.24 Å². The lowest BCUT2D eigenvalue weighted by Crippen LogP contribution is -2.13. The van der Waals surface area contributed by atoms with Crippen LogP contribution in [0, 0.1) is 6.42 Å². The molecule has 1 heteroatoms. The summed E-state index contributed by atoms with van der Waals surface area (Å²) in [6.45, 7) is 1.00. The SMILES string of the molecule is CN(C)C[CH+]c1ccccc1. The van der Waals surface area contributed by atoms with Crippen molar-refractivity contribution in [3.05, 3.63) is 42.3 Å². The number of rotatable bonds is 3. The number of benzene rings is 1. The summed E-state index contributed by atoms with van der Waals surface area (Å²) in [6.07, 6.45) is 2.21. The zero-order valence-electron chi connectivity index (χ0n) is 7.12. The molecule has 0 radical (unpaired) electrons. The first-order chi connectivity index (χ1) is 5.29. The lowest BCUT2D eigenvalue weighted by atomic mass is 10.1. The van der Waals surface area contributed by atoms with Crippen LogP contribution in [-0.2, 0) is 0 Å². The summed E-state index contributed by atoms with van der Waals surface area (Å²) >= 11 is 0. The van der Waals surface area contributed by atoms with Crippen molar-refractivity contribution in [1.29, 1.82) is 0 Å². The Balaban J connectivity index is 2.39. The Morgan fingerprint density at radius 3 is 2.36 bits per heavy atom. The summed E-state index contributed by atoms with van der Waals surface area (Å²) in [5, 5.41) is 0. The number of likely N-dealkylation sites (N-methyl/N-ethyl adjacent to an activating group) is 1. The highest BCUT2D eigenvalue weighted by molar-refractivity contribution is 5.22. The van der Waals surface area contributed by atoms with E-state index < -0.39 is 0 Å². The van der Waals surface area contributed by atoms with Crippen LogP contribution in [0.2, 0.25) is 0 Å². The standard InChI is InChI=1S/C10H14N/c1-11(2)9-8-10-6-4-3-5-7-10/h3-8H,9H2,1-2H3/q+1. The van der Waals surface area contributed by atoms with E-state index in [0.717, 1.165) is 6.54 Å². The van der Waals surface area contributed by atoms with E-state index in [1.165, 1.54) is 5.56 Å². The second-order valence-electron chi connectivity index (χ2n) is 2.88. The lowest BCUT2D eigenvalue weighted by Gasteiger charge is -2.03. The van der Waals surface area contributed by atoms with Gasteiger partial charge in [-0.2, -0.15) is 0 Å². The fourth-order valence-corrected chi connectivity index (χ4v) is 0.877. The van der Waals surface area contributed by atoms with Gasteiger partial charge in [0.2, 0.25) is 0 Å². The minimum atomic E-state index is 1.00. The first-order valence-corrected chi connectivity index (χ1v) is 3.82. The van der Waals surface area contributed by atoms with Crippen LogP contribution in [0.15, 0.2) is 30.3 Å². The summed E-state index contributed by atoms with van der Waals surface area (Å²) in [5.41, 5.74) is 1.29. The van der Waals surface area contributed by atoms with Gasteiger partial charge in [-0.05, 0) is 32.3 Å². The van der Waals surface area contributed by atoms with Crippen LogP contribution < -0.4 is 0 Å². The maximum Gasteiger partial charge on any atom is 0.131 e. The van der Waals surface area contributed by atoms with E-state index in [1.807, 2.05) is 6.07 Å². The quantitative estimate of drug-likeness (QED) is 0.591. The van der Waals surface area contributed by atoms with Gasteiger partial charge in [0, 0.05) is 18.6 Å². The van der Waals surface area contributed by atoms with Crippen molar-refractivity contribution in [1.82, 2.24) is 4.90 Å². The fourth-order valence-electron chi connectivity index (χ4n) is 0.877. The maximum absolute atomic E-state index is 2.21. The van der Waals surface area contributed by atoms with E-state index in [2.05, 4.69) is 49.7 Å². The van der Waals surface area contributed by atoms with E-state index in [1.54, 1.807) is 0 Å². The minimum Gasteiger partial charge on any atom is -0.295 e. The van der Waals surface area contributed by atoms with Gasteiger partial charge in [-0.15, -0.1) is 0 Å². The van der Waals surface area contributed by atoms with Gasteiger partial charge in [0.15, 0.2) is 0 Å². The van der Waals surface area contributed by atoms with Crippen molar-refractivity contribution in [3.63, 3.8) is 0 Å². The molecule has 0 aromatic heterocycles. The number of hydrogen-bond acceptors (Lipinski definition) is 1. The van der Waals surface area contributed by atoms with E-state index in [4.69, 9.17) is 0 Å². The van der Waals surface area contributed by atoms with Crippen molar-refractivity contribution < 1.29 is 0 Å². The Bertz CT molecular complexity index is 191. The highest BCUT2D eigenvalue weighted by Crippen LogP contribution is 2.01. The summed E-state index contributed by atoms with van der Waals surface area (Å²) in [5.74, 6) is 0.